The van der Waals surface area contributed by atoms with Gasteiger partial charge in [-0.3, -0.25) is 0 Å². The second-order valence-corrected chi connectivity index (χ2v) is 23.0. The summed E-state index contributed by atoms with van der Waals surface area (Å²) in [6.07, 6.45) is 19.2. The van der Waals surface area contributed by atoms with Gasteiger partial charge in [-0.15, -0.1) is 0 Å². The Morgan fingerprint density at radius 1 is 0.429 bits per heavy atom. The minimum absolute atomic E-state index is 0.122. The van der Waals surface area contributed by atoms with E-state index in [9.17, 15) is 28.8 Å². The summed E-state index contributed by atoms with van der Waals surface area (Å²) in [4.78, 5) is 78.7. The largest absolute Gasteiger partial charge is 0.460 e. The van der Waals surface area contributed by atoms with Gasteiger partial charge in [0.2, 0.25) is 0 Å². The molecule has 0 heterocycles. The van der Waals surface area contributed by atoms with Gasteiger partial charge in [0.25, 0.3) is 0 Å². The van der Waals surface area contributed by atoms with Gasteiger partial charge in [0.1, 0.15) is 13.2 Å². The van der Waals surface area contributed by atoms with Crippen molar-refractivity contribution in [3.05, 3.63) is 24.3 Å². The van der Waals surface area contributed by atoms with Crippen LogP contribution in [-0.4, -0.2) is 121 Å². The predicted molar refractivity (Wildman–Crippen MR) is 272 cm³/mol. The Labute approximate surface area is 420 Å². The van der Waals surface area contributed by atoms with Crippen molar-refractivity contribution in [2.45, 2.75) is 219 Å². The second kappa shape index (κ2) is 28.5. The number of amides is 6. The number of rotatable bonds is 21. The Morgan fingerprint density at radius 2 is 0.700 bits per heavy atom. The van der Waals surface area contributed by atoms with Crippen LogP contribution in [0.5, 0.6) is 0 Å². The zero-order valence-electron chi connectivity index (χ0n) is 44.4. The molecule has 0 atom stereocenters. The van der Waals surface area contributed by atoms with Gasteiger partial charge in [0, 0.05) is 46.4 Å². The molecule has 16 nitrogen and oxygen atoms in total. The van der Waals surface area contributed by atoms with Crippen molar-refractivity contribution in [1.29, 1.82) is 0 Å². The van der Waals surface area contributed by atoms with E-state index in [4.69, 9.17) is 18.9 Å². The van der Waals surface area contributed by atoms with E-state index in [0.717, 1.165) is 103 Å². The van der Waals surface area contributed by atoms with Crippen LogP contribution in [0.3, 0.4) is 0 Å². The first kappa shape index (κ1) is 58.1. The molecule has 398 valence electrons. The zero-order chi connectivity index (χ0) is 51.4. The van der Waals surface area contributed by atoms with E-state index in [-0.39, 0.29) is 74.8 Å². The summed E-state index contributed by atoms with van der Waals surface area (Å²) in [5.41, 5.74) is -0.150. The van der Waals surface area contributed by atoms with E-state index in [0.29, 0.717) is 60.7 Å². The van der Waals surface area contributed by atoms with Crippen molar-refractivity contribution in [3.63, 3.8) is 0 Å². The van der Waals surface area contributed by atoms with E-state index in [2.05, 4.69) is 34.4 Å². The van der Waals surface area contributed by atoms with Gasteiger partial charge in [-0.1, -0.05) is 13.2 Å². The molecular weight excluding hydrogens is 893 g/mol. The molecule has 0 aliphatic heterocycles. The maximum Gasteiger partial charge on any atom is 0.407 e. The van der Waals surface area contributed by atoms with E-state index >= 15 is 0 Å². The number of hydrogen-bond donors (Lipinski definition) is 4. The molecule has 0 spiro atoms. The minimum Gasteiger partial charge on any atom is -0.460 e. The summed E-state index contributed by atoms with van der Waals surface area (Å²) in [7, 11) is 0. The lowest BCUT2D eigenvalue weighted by atomic mass is 9.75. The third kappa shape index (κ3) is 21.1. The Balaban J connectivity index is 0.976. The van der Waals surface area contributed by atoms with Gasteiger partial charge in [-0.05, 0) is 207 Å². The molecule has 4 saturated carbocycles. The van der Waals surface area contributed by atoms with Crippen LogP contribution in [0.1, 0.15) is 184 Å². The monoisotopic (exact) mass is 985 g/mol. The molecule has 0 aromatic rings. The Morgan fingerprint density at radius 3 is 0.957 bits per heavy atom. The number of esters is 2. The van der Waals surface area contributed by atoms with Gasteiger partial charge in [-0.2, -0.15) is 0 Å². The highest BCUT2D eigenvalue weighted by Gasteiger charge is 2.34. The molecular formula is C54H92N6O10. The van der Waals surface area contributed by atoms with Crippen LogP contribution in [0.15, 0.2) is 24.3 Å². The van der Waals surface area contributed by atoms with E-state index in [1.807, 2.05) is 41.5 Å². The number of hydrogen-bond acceptors (Lipinski definition) is 10. The van der Waals surface area contributed by atoms with Crippen LogP contribution in [0.4, 0.5) is 19.2 Å². The van der Waals surface area contributed by atoms with Crippen LogP contribution >= 0.6 is 0 Å². The molecule has 4 rings (SSSR count). The lowest BCUT2D eigenvalue weighted by Crippen LogP contribution is -2.54. The summed E-state index contributed by atoms with van der Waals surface area (Å²) in [6, 6.07) is 0.281. The molecule has 70 heavy (non-hydrogen) atoms. The third-order valence-corrected chi connectivity index (χ3v) is 14.9. The van der Waals surface area contributed by atoms with Crippen LogP contribution in [0.25, 0.3) is 0 Å². The minimum atomic E-state index is -0.446. The standard InChI is InChI=1S/C54H92N6O10/c1-37(2)47(61)67-33-29-59(53(5,6)7)49(63)55-43-21-13-39(14-22-43)35-41-17-25-45(26-18-41)57-51(65)69-31-11-12-32-70-52(66)58-46-27-19-42(20-28-46)36-40-15-23-44(24-16-40)56-50(64)60(54(8,9)10)30-34-68-48(62)38(3)4/h39-46H,1,3,11-36H2,2,4-10H3,(H,55,63)(H,56,64)(H,57,65)(H,58,66). The summed E-state index contributed by atoms with van der Waals surface area (Å²) in [5, 5.41) is 12.6. The van der Waals surface area contributed by atoms with Crippen molar-refractivity contribution in [1.82, 2.24) is 31.1 Å². The Hall–Kier alpha value is -4.50. The van der Waals surface area contributed by atoms with E-state index < -0.39 is 23.0 Å². The number of urea groups is 2. The molecule has 0 saturated heterocycles. The molecule has 4 aliphatic rings. The fourth-order valence-corrected chi connectivity index (χ4v) is 10.8. The number of ether oxygens (including phenoxy) is 4. The Kier molecular flexibility index (Phi) is 23.7. The topological polar surface area (TPSA) is 194 Å². The highest BCUT2D eigenvalue weighted by molar-refractivity contribution is 5.87. The average Bonchev–Trinajstić information content (AvgIpc) is 3.29. The van der Waals surface area contributed by atoms with Crippen molar-refractivity contribution in [2.24, 2.45) is 23.7 Å². The SMILES string of the molecule is C=C(C)C(=O)OCCN(C(=O)NC1CCC(CC2CCC(NC(=O)OCCCCOC(=O)NC3CCC(CC4CCC(NC(=O)N(CCOC(=O)C(=C)C)C(C)(C)C)CC4)CC3)CC2)CC1)C(C)(C)C. The lowest BCUT2D eigenvalue weighted by Gasteiger charge is -2.38. The quantitative estimate of drug-likeness (QED) is 0.0372. The Bertz CT molecular complexity index is 1590. The molecule has 4 N–H and O–H groups in total. The maximum atomic E-state index is 13.3. The van der Waals surface area contributed by atoms with E-state index in [1.165, 1.54) is 12.8 Å². The number of carbonyl (C=O) groups is 6. The van der Waals surface area contributed by atoms with Crippen molar-refractivity contribution in [2.75, 3.05) is 39.5 Å². The fraction of sp³-hybridized carbons (Fsp3) is 0.815. The predicted octanol–water partition coefficient (Wildman–Crippen LogP) is 10.1. The van der Waals surface area contributed by atoms with Crippen molar-refractivity contribution < 1.29 is 47.7 Å². The second-order valence-electron chi connectivity index (χ2n) is 23.0. The van der Waals surface area contributed by atoms with Gasteiger partial charge in [0.05, 0.1) is 26.3 Å². The zero-order valence-corrected chi connectivity index (χ0v) is 44.4. The average molecular weight is 985 g/mol. The molecule has 0 unspecified atom stereocenters. The maximum absolute atomic E-state index is 13.3. The lowest BCUT2D eigenvalue weighted by molar-refractivity contribution is -0.140. The number of nitrogens with zero attached hydrogens (tertiary/aromatic N) is 2. The number of nitrogens with one attached hydrogen (secondary N) is 4. The third-order valence-electron chi connectivity index (χ3n) is 14.9. The molecule has 0 aromatic heterocycles. The molecule has 6 amide bonds. The summed E-state index contributed by atoms with van der Waals surface area (Å²) in [5.74, 6) is 1.70. The van der Waals surface area contributed by atoms with Gasteiger partial charge >= 0.3 is 36.2 Å². The fourth-order valence-electron chi connectivity index (χ4n) is 10.8. The van der Waals surface area contributed by atoms with E-state index in [1.54, 1.807) is 23.6 Å². The summed E-state index contributed by atoms with van der Waals surface area (Å²) >= 11 is 0. The first-order chi connectivity index (χ1) is 33.1. The van der Waals surface area contributed by atoms with Crippen molar-refractivity contribution >= 4 is 36.2 Å². The molecule has 0 bridgehead atoms. The van der Waals surface area contributed by atoms with Gasteiger partial charge in [0.15, 0.2) is 0 Å². The molecule has 4 aliphatic carbocycles. The van der Waals surface area contributed by atoms with Crippen LogP contribution in [-0.2, 0) is 28.5 Å². The molecule has 0 aromatic carbocycles. The summed E-state index contributed by atoms with van der Waals surface area (Å²) in [6.45, 7) is 23.8. The molecule has 16 heteroatoms. The normalized spacial score (nSPS) is 25.0. The summed E-state index contributed by atoms with van der Waals surface area (Å²) < 4.78 is 21.4. The van der Waals surface area contributed by atoms with Gasteiger partial charge < -0.3 is 50.0 Å². The number of alkyl carbamates (subject to hydrolysis) is 2. The highest BCUT2D eigenvalue weighted by Crippen LogP contribution is 2.37. The first-order valence-electron chi connectivity index (χ1n) is 26.7. The first-order valence-corrected chi connectivity index (χ1v) is 26.7. The van der Waals surface area contributed by atoms with Crippen LogP contribution in [0, 0.1) is 23.7 Å². The van der Waals surface area contributed by atoms with Gasteiger partial charge in [-0.25, -0.2) is 28.8 Å². The molecule has 0 radical (unpaired) electrons. The smallest absolute Gasteiger partial charge is 0.407 e. The highest BCUT2D eigenvalue weighted by atomic mass is 16.6. The number of unbranched alkanes of at least 4 members (excludes halogenated alkanes) is 1. The van der Waals surface area contributed by atoms with Crippen molar-refractivity contribution in [3.8, 4) is 0 Å². The number of carbonyl (C=O) groups excluding carboxylic acids is 6. The molecule has 4 fully saturated rings. The van der Waals surface area contributed by atoms with Crippen LogP contribution in [0.2, 0.25) is 0 Å². The van der Waals surface area contributed by atoms with Crippen LogP contribution < -0.4 is 21.3 Å².